The number of ether oxygens (including phenoxy) is 1. The normalized spacial score (nSPS) is 27.1. The Hall–Kier alpha value is -1.57. The van der Waals surface area contributed by atoms with Crippen molar-refractivity contribution in [1.82, 2.24) is 9.78 Å². The molecule has 1 N–H and O–H groups in total. The molecule has 1 aromatic heterocycles. The summed E-state index contributed by atoms with van der Waals surface area (Å²) in [5, 5.41) is 13.5. The van der Waals surface area contributed by atoms with E-state index in [4.69, 9.17) is 4.74 Å². The molecule has 8 heteroatoms. The van der Waals surface area contributed by atoms with E-state index in [2.05, 4.69) is 5.10 Å². The molecule has 0 aliphatic heterocycles. The molecule has 0 bridgehead atoms. The minimum Gasteiger partial charge on any atom is -0.465 e. The Kier molecular flexibility index (Phi) is 2.82. The summed E-state index contributed by atoms with van der Waals surface area (Å²) in [5.41, 5.74) is -0.813. The molecule has 3 rings (SSSR count). The van der Waals surface area contributed by atoms with Gasteiger partial charge in [0.2, 0.25) is 0 Å². The number of nitrogens with zero attached hydrogens (tertiary/aromatic N) is 2. The van der Waals surface area contributed by atoms with Gasteiger partial charge in [-0.1, -0.05) is 0 Å². The summed E-state index contributed by atoms with van der Waals surface area (Å²) in [6.45, 7) is 1.33. The van der Waals surface area contributed by atoms with Crippen LogP contribution in [0.15, 0.2) is 0 Å². The number of alkyl halides is 3. The zero-order valence-corrected chi connectivity index (χ0v) is 10.6. The maximum absolute atomic E-state index is 13.0. The van der Waals surface area contributed by atoms with E-state index in [9.17, 15) is 23.1 Å². The van der Waals surface area contributed by atoms with Crippen molar-refractivity contribution in [3.63, 3.8) is 0 Å². The fourth-order valence-corrected chi connectivity index (χ4v) is 2.92. The van der Waals surface area contributed by atoms with E-state index >= 15 is 0 Å². The molecule has 0 spiro atoms. The summed E-state index contributed by atoms with van der Waals surface area (Å²) in [5.74, 6) is -1.12. The Labute approximate surface area is 112 Å². The van der Waals surface area contributed by atoms with E-state index in [0.717, 1.165) is 4.68 Å². The van der Waals surface area contributed by atoms with Gasteiger partial charge in [-0.2, -0.15) is 18.3 Å². The minimum absolute atomic E-state index is 0.0549. The van der Waals surface area contributed by atoms with Crippen LogP contribution in [0.25, 0.3) is 0 Å². The molecule has 5 nitrogen and oxygen atoms in total. The second-order valence-electron chi connectivity index (χ2n) is 5.06. The number of esters is 1. The predicted octanol–water partition coefficient (Wildman–Crippen LogP) is 1.62. The molecule has 3 unspecified atom stereocenters. The van der Waals surface area contributed by atoms with Crippen LogP contribution in [0, 0.1) is 5.92 Å². The van der Waals surface area contributed by atoms with Gasteiger partial charge in [-0.05, 0) is 25.2 Å². The topological polar surface area (TPSA) is 64.4 Å². The highest BCUT2D eigenvalue weighted by atomic mass is 19.4. The summed E-state index contributed by atoms with van der Waals surface area (Å²) in [6.07, 6.45) is -5.02. The van der Waals surface area contributed by atoms with Crippen molar-refractivity contribution in [3.8, 4) is 0 Å². The lowest BCUT2D eigenvalue weighted by Gasteiger charge is -2.10. The van der Waals surface area contributed by atoms with Crippen molar-refractivity contribution in [3.05, 3.63) is 17.0 Å². The molecule has 1 aromatic rings. The molecule has 2 aliphatic rings. The Bertz CT molecular complexity index is 567. The second kappa shape index (κ2) is 4.21. The van der Waals surface area contributed by atoms with Crippen LogP contribution in [0.5, 0.6) is 0 Å². The Morgan fingerprint density at radius 1 is 1.55 bits per heavy atom. The van der Waals surface area contributed by atoms with Gasteiger partial charge in [0.15, 0.2) is 5.69 Å². The number of aliphatic hydroxyl groups excluding tert-OH is 1. The maximum Gasteiger partial charge on any atom is 0.435 e. The van der Waals surface area contributed by atoms with Crippen LogP contribution in [0.2, 0.25) is 0 Å². The van der Waals surface area contributed by atoms with Crippen LogP contribution < -0.4 is 0 Å². The summed E-state index contributed by atoms with van der Waals surface area (Å²) in [7, 11) is 0. The lowest BCUT2D eigenvalue weighted by atomic mass is 10.1. The Balaban J connectivity index is 2.00. The van der Waals surface area contributed by atoms with Crippen molar-refractivity contribution in [2.45, 2.75) is 38.1 Å². The third-order valence-electron chi connectivity index (χ3n) is 3.78. The smallest absolute Gasteiger partial charge is 0.435 e. The highest BCUT2D eigenvalue weighted by Crippen LogP contribution is 2.63. The first kappa shape index (κ1) is 13.4. The first-order chi connectivity index (χ1) is 9.34. The van der Waals surface area contributed by atoms with E-state index in [-0.39, 0.29) is 29.7 Å². The molecule has 1 saturated carbocycles. The predicted molar refractivity (Wildman–Crippen MR) is 59.7 cm³/mol. The summed E-state index contributed by atoms with van der Waals surface area (Å²) < 4.78 is 44.6. The van der Waals surface area contributed by atoms with Crippen LogP contribution in [-0.4, -0.2) is 27.5 Å². The van der Waals surface area contributed by atoms with Crippen molar-refractivity contribution in [2.75, 3.05) is 6.61 Å². The molecule has 0 amide bonds. The number of aromatic nitrogens is 2. The van der Waals surface area contributed by atoms with Crippen molar-refractivity contribution >= 4 is 5.97 Å². The number of fused-ring (bicyclic) bond motifs is 3. The average molecular weight is 290 g/mol. The van der Waals surface area contributed by atoms with E-state index in [1.54, 1.807) is 6.92 Å². The molecular formula is C12H13F3N2O3. The molecule has 20 heavy (non-hydrogen) atoms. The lowest BCUT2D eigenvalue weighted by molar-refractivity contribution is -0.146. The molecule has 1 fully saturated rings. The van der Waals surface area contributed by atoms with Crippen molar-refractivity contribution in [2.24, 2.45) is 5.92 Å². The van der Waals surface area contributed by atoms with Gasteiger partial charge in [-0.3, -0.25) is 9.48 Å². The van der Waals surface area contributed by atoms with Crippen molar-refractivity contribution in [1.29, 1.82) is 0 Å². The molecule has 0 radical (unpaired) electrons. The number of rotatable bonds is 3. The average Bonchev–Trinajstić information content (AvgIpc) is 2.95. The number of carbonyl (C=O) groups excluding carboxylic acids is 1. The SMILES string of the molecule is CCOC(=O)Cn1nc(C(F)(F)F)c2c1C(O)C1CC21. The van der Waals surface area contributed by atoms with E-state index in [1.807, 2.05) is 0 Å². The van der Waals surface area contributed by atoms with Gasteiger partial charge >= 0.3 is 12.1 Å². The van der Waals surface area contributed by atoms with Gasteiger partial charge in [0, 0.05) is 5.56 Å². The molecular weight excluding hydrogens is 277 g/mol. The van der Waals surface area contributed by atoms with E-state index in [0.29, 0.717) is 6.42 Å². The zero-order chi connectivity index (χ0) is 14.7. The zero-order valence-electron chi connectivity index (χ0n) is 10.6. The largest absolute Gasteiger partial charge is 0.465 e. The Morgan fingerprint density at radius 2 is 2.25 bits per heavy atom. The van der Waals surface area contributed by atoms with Gasteiger partial charge in [-0.25, -0.2) is 0 Å². The third-order valence-corrected chi connectivity index (χ3v) is 3.78. The number of hydrogen-bond donors (Lipinski definition) is 1. The number of carbonyl (C=O) groups is 1. The second-order valence-corrected chi connectivity index (χ2v) is 5.06. The third kappa shape index (κ3) is 1.90. The minimum atomic E-state index is -4.58. The molecule has 110 valence electrons. The van der Waals surface area contributed by atoms with Crippen LogP contribution >= 0.6 is 0 Å². The van der Waals surface area contributed by atoms with Crippen LogP contribution in [0.3, 0.4) is 0 Å². The standard InChI is InChI=1S/C12H13F3N2O3/c1-2-20-7(18)4-17-9-8(5-3-6(5)10(9)19)11(16-17)12(13,14)15/h5-6,10,19H,2-4H2,1H3. The van der Waals surface area contributed by atoms with Crippen LogP contribution in [-0.2, 0) is 22.3 Å². The molecule has 0 saturated heterocycles. The lowest BCUT2D eigenvalue weighted by Crippen LogP contribution is -2.18. The number of halogens is 3. The quantitative estimate of drug-likeness (QED) is 0.859. The van der Waals surface area contributed by atoms with Crippen LogP contribution in [0.1, 0.15) is 42.3 Å². The first-order valence-corrected chi connectivity index (χ1v) is 6.36. The first-order valence-electron chi connectivity index (χ1n) is 6.36. The molecule has 3 atom stereocenters. The summed E-state index contributed by atoms with van der Waals surface area (Å²) in [4.78, 5) is 11.4. The monoisotopic (exact) mass is 290 g/mol. The van der Waals surface area contributed by atoms with Gasteiger partial charge in [0.05, 0.1) is 18.4 Å². The fraction of sp³-hybridized carbons (Fsp3) is 0.667. The highest BCUT2D eigenvalue weighted by molar-refractivity contribution is 5.69. The molecule has 1 heterocycles. The fourth-order valence-electron chi connectivity index (χ4n) is 2.92. The van der Waals surface area contributed by atoms with E-state index in [1.165, 1.54) is 0 Å². The van der Waals surface area contributed by atoms with Gasteiger partial charge in [-0.15, -0.1) is 0 Å². The van der Waals surface area contributed by atoms with Gasteiger partial charge < -0.3 is 9.84 Å². The molecule has 0 aromatic carbocycles. The Morgan fingerprint density at radius 3 is 2.85 bits per heavy atom. The molecule has 2 aliphatic carbocycles. The number of hydrogen-bond acceptors (Lipinski definition) is 4. The van der Waals surface area contributed by atoms with E-state index < -0.39 is 30.5 Å². The van der Waals surface area contributed by atoms with Gasteiger partial charge in [0.1, 0.15) is 6.54 Å². The summed E-state index contributed by atoms with van der Waals surface area (Å²) in [6, 6.07) is 0. The number of aliphatic hydroxyl groups is 1. The summed E-state index contributed by atoms with van der Waals surface area (Å²) >= 11 is 0. The maximum atomic E-state index is 13.0. The highest BCUT2D eigenvalue weighted by Gasteiger charge is 2.58. The van der Waals surface area contributed by atoms with Crippen molar-refractivity contribution < 1.29 is 27.8 Å². The van der Waals surface area contributed by atoms with Gasteiger partial charge in [0.25, 0.3) is 0 Å². The van der Waals surface area contributed by atoms with Crippen LogP contribution in [0.4, 0.5) is 13.2 Å².